The molecule has 6 N–H and O–H groups in total. The molecule has 0 spiro atoms. The minimum atomic E-state index is -4.38. The Morgan fingerprint density at radius 1 is 1.50 bits per heavy atom. The van der Waals surface area contributed by atoms with Crippen LogP contribution in [0.1, 0.15) is 13.3 Å². The first-order chi connectivity index (χ1) is 7.22. The molecular weight excluding hydrogens is 241 g/mol. The molecule has 0 rings (SSSR count). The van der Waals surface area contributed by atoms with Crippen LogP contribution in [0.25, 0.3) is 0 Å². The standard InChI is InChI=1S/C7H18NO7P/c1-2-7(8,11)5-15-16(12,13)14-4-6(10)3-9/h6,9-11H,2-5,8H2,1H3,(H,12,13). The smallest absolute Gasteiger partial charge is 0.394 e. The normalized spacial score (nSPS) is 21.1. The highest BCUT2D eigenvalue weighted by Gasteiger charge is 2.28. The van der Waals surface area contributed by atoms with Crippen LogP contribution in [-0.4, -0.2) is 51.9 Å². The first kappa shape index (κ1) is 16.0. The van der Waals surface area contributed by atoms with E-state index in [1.54, 1.807) is 6.92 Å². The van der Waals surface area contributed by atoms with Crippen molar-refractivity contribution < 1.29 is 33.8 Å². The molecule has 0 amide bonds. The van der Waals surface area contributed by atoms with Gasteiger partial charge in [0.2, 0.25) is 0 Å². The van der Waals surface area contributed by atoms with Gasteiger partial charge in [-0.15, -0.1) is 0 Å². The van der Waals surface area contributed by atoms with Crippen molar-refractivity contribution >= 4 is 7.82 Å². The second kappa shape index (κ2) is 6.63. The largest absolute Gasteiger partial charge is 0.472 e. The van der Waals surface area contributed by atoms with Crippen LogP contribution >= 0.6 is 7.82 Å². The molecule has 0 radical (unpaired) electrons. The van der Waals surface area contributed by atoms with Gasteiger partial charge in [0.25, 0.3) is 0 Å². The Bertz CT molecular complexity index is 247. The van der Waals surface area contributed by atoms with E-state index in [0.717, 1.165) is 0 Å². The van der Waals surface area contributed by atoms with Crippen LogP contribution in [0, 0.1) is 0 Å². The van der Waals surface area contributed by atoms with E-state index in [1.165, 1.54) is 0 Å². The molecule has 16 heavy (non-hydrogen) atoms. The third-order valence-electron chi connectivity index (χ3n) is 1.73. The molecule has 3 unspecified atom stereocenters. The SMILES string of the molecule is CCC(N)(O)COP(=O)(O)OCC(O)CO. The summed E-state index contributed by atoms with van der Waals surface area (Å²) in [6.45, 7) is -0.163. The van der Waals surface area contributed by atoms with Gasteiger partial charge < -0.3 is 25.9 Å². The summed E-state index contributed by atoms with van der Waals surface area (Å²) >= 11 is 0. The second-order valence-electron chi connectivity index (χ2n) is 3.33. The highest BCUT2D eigenvalue weighted by Crippen LogP contribution is 2.43. The molecule has 8 nitrogen and oxygen atoms in total. The summed E-state index contributed by atoms with van der Waals surface area (Å²) in [6, 6.07) is 0. The van der Waals surface area contributed by atoms with Gasteiger partial charge in [-0.1, -0.05) is 6.92 Å². The maximum atomic E-state index is 11.1. The molecule has 0 saturated heterocycles. The van der Waals surface area contributed by atoms with Crippen LogP contribution in [0.15, 0.2) is 0 Å². The molecule has 0 heterocycles. The number of phosphoric ester groups is 1. The number of aliphatic hydroxyl groups is 3. The molecule has 0 aromatic rings. The third kappa shape index (κ3) is 7.26. The lowest BCUT2D eigenvalue weighted by molar-refractivity contribution is -0.0212. The fraction of sp³-hybridized carbons (Fsp3) is 1.00. The average molecular weight is 259 g/mol. The fourth-order valence-corrected chi connectivity index (χ4v) is 1.39. The average Bonchev–Trinajstić information content (AvgIpc) is 2.24. The number of phosphoric acid groups is 1. The van der Waals surface area contributed by atoms with Gasteiger partial charge in [0.15, 0.2) is 0 Å². The third-order valence-corrected chi connectivity index (χ3v) is 2.66. The van der Waals surface area contributed by atoms with Crippen molar-refractivity contribution in [3.63, 3.8) is 0 Å². The minimum absolute atomic E-state index is 0.131. The molecule has 0 aliphatic carbocycles. The lowest BCUT2D eigenvalue weighted by atomic mass is 10.2. The first-order valence-electron chi connectivity index (χ1n) is 4.64. The van der Waals surface area contributed by atoms with Crippen LogP contribution in [0.3, 0.4) is 0 Å². The predicted octanol–water partition coefficient (Wildman–Crippen LogP) is -1.47. The zero-order valence-electron chi connectivity index (χ0n) is 8.94. The monoisotopic (exact) mass is 259 g/mol. The van der Waals surface area contributed by atoms with Crippen molar-refractivity contribution in [3.05, 3.63) is 0 Å². The van der Waals surface area contributed by atoms with Crippen LogP contribution in [0.4, 0.5) is 0 Å². The number of hydrogen-bond donors (Lipinski definition) is 5. The summed E-state index contributed by atoms with van der Waals surface area (Å²) in [4.78, 5) is 9.07. The van der Waals surface area contributed by atoms with Crippen LogP contribution in [0.2, 0.25) is 0 Å². The summed E-state index contributed by atoms with van der Waals surface area (Å²) in [5, 5.41) is 26.6. The Kier molecular flexibility index (Phi) is 6.61. The lowest BCUT2D eigenvalue weighted by Gasteiger charge is -2.22. The summed E-state index contributed by atoms with van der Waals surface area (Å²) in [5.41, 5.74) is 3.55. The van der Waals surface area contributed by atoms with Crippen molar-refractivity contribution in [1.82, 2.24) is 0 Å². The van der Waals surface area contributed by atoms with Crippen molar-refractivity contribution in [2.24, 2.45) is 5.73 Å². The highest BCUT2D eigenvalue weighted by atomic mass is 31.2. The fourth-order valence-electron chi connectivity index (χ4n) is 0.566. The molecule has 9 heteroatoms. The number of rotatable bonds is 8. The van der Waals surface area contributed by atoms with Crippen molar-refractivity contribution in [2.45, 2.75) is 25.2 Å². The van der Waals surface area contributed by atoms with E-state index in [2.05, 4.69) is 9.05 Å². The van der Waals surface area contributed by atoms with E-state index >= 15 is 0 Å². The predicted molar refractivity (Wildman–Crippen MR) is 54.3 cm³/mol. The summed E-state index contributed by atoms with van der Waals surface area (Å²) in [6.07, 6.45) is -1.14. The topological polar surface area (TPSA) is 142 Å². The summed E-state index contributed by atoms with van der Waals surface area (Å²) in [5.74, 6) is 0. The van der Waals surface area contributed by atoms with Gasteiger partial charge in [-0.2, -0.15) is 0 Å². The second-order valence-corrected chi connectivity index (χ2v) is 4.78. The Morgan fingerprint density at radius 3 is 2.50 bits per heavy atom. The number of hydrogen-bond acceptors (Lipinski definition) is 7. The van der Waals surface area contributed by atoms with E-state index < -0.39 is 39.5 Å². The maximum Gasteiger partial charge on any atom is 0.472 e. The van der Waals surface area contributed by atoms with Gasteiger partial charge in [-0.3, -0.25) is 9.05 Å². The van der Waals surface area contributed by atoms with Gasteiger partial charge >= 0.3 is 7.82 Å². The number of nitrogens with two attached hydrogens (primary N) is 1. The lowest BCUT2D eigenvalue weighted by Crippen LogP contribution is -2.43. The molecule has 0 fully saturated rings. The molecule has 0 aliphatic rings. The molecule has 0 saturated carbocycles. The number of aliphatic hydroxyl groups excluding tert-OH is 2. The first-order valence-corrected chi connectivity index (χ1v) is 6.14. The summed E-state index contributed by atoms with van der Waals surface area (Å²) in [7, 11) is -4.38. The Labute approximate surface area is 93.2 Å². The van der Waals surface area contributed by atoms with E-state index in [-0.39, 0.29) is 6.42 Å². The maximum absolute atomic E-state index is 11.1. The van der Waals surface area contributed by atoms with Gasteiger partial charge in [0.05, 0.1) is 13.2 Å². The van der Waals surface area contributed by atoms with Crippen molar-refractivity contribution in [2.75, 3.05) is 19.8 Å². The molecule has 0 aromatic carbocycles. The van der Waals surface area contributed by atoms with Gasteiger partial charge in [0, 0.05) is 0 Å². The molecular formula is C7H18NO7P. The molecule has 0 aliphatic heterocycles. The van der Waals surface area contributed by atoms with Crippen molar-refractivity contribution in [1.29, 1.82) is 0 Å². The summed E-state index contributed by atoms with van der Waals surface area (Å²) < 4.78 is 19.9. The van der Waals surface area contributed by atoms with Crippen LogP contribution in [0.5, 0.6) is 0 Å². The minimum Gasteiger partial charge on any atom is -0.394 e. The molecule has 0 aromatic heterocycles. The van der Waals surface area contributed by atoms with E-state index in [0.29, 0.717) is 0 Å². The van der Waals surface area contributed by atoms with Gasteiger partial charge in [-0.25, -0.2) is 4.57 Å². The highest BCUT2D eigenvalue weighted by molar-refractivity contribution is 7.47. The van der Waals surface area contributed by atoms with Crippen molar-refractivity contribution in [3.8, 4) is 0 Å². The zero-order chi connectivity index (χ0) is 12.8. The molecule has 98 valence electrons. The zero-order valence-corrected chi connectivity index (χ0v) is 9.84. The van der Waals surface area contributed by atoms with E-state index in [9.17, 15) is 9.67 Å². The van der Waals surface area contributed by atoms with Crippen LogP contribution in [-0.2, 0) is 13.6 Å². The molecule has 0 bridgehead atoms. The van der Waals surface area contributed by atoms with Gasteiger partial charge in [0.1, 0.15) is 18.4 Å². The van der Waals surface area contributed by atoms with E-state index in [1.807, 2.05) is 0 Å². The van der Waals surface area contributed by atoms with Crippen LogP contribution < -0.4 is 5.73 Å². The Hall–Kier alpha value is -0.0500. The van der Waals surface area contributed by atoms with E-state index in [4.69, 9.17) is 20.8 Å². The van der Waals surface area contributed by atoms with Gasteiger partial charge in [-0.05, 0) is 6.42 Å². The Balaban J connectivity index is 4.01. The Morgan fingerprint density at radius 2 is 2.06 bits per heavy atom. The molecule has 3 atom stereocenters. The quantitative estimate of drug-likeness (QED) is 0.262.